The van der Waals surface area contributed by atoms with Gasteiger partial charge in [0.2, 0.25) is 11.7 Å². The molecule has 1 saturated heterocycles. The van der Waals surface area contributed by atoms with Gasteiger partial charge in [0.15, 0.2) is 0 Å². The van der Waals surface area contributed by atoms with Crippen LogP contribution in [-0.2, 0) is 17.9 Å². The molecule has 30 heavy (non-hydrogen) atoms. The molecule has 0 bridgehead atoms. The number of nitrogens with zero attached hydrogens (tertiary/aromatic N) is 6. The number of amides is 1. The van der Waals surface area contributed by atoms with E-state index < -0.39 is 0 Å². The smallest absolute Gasteiger partial charge is 0.220 e. The van der Waals surface area contributed by atoms with Gasteiger partial charge in [-0.25, -0.2) is 0 Å². The van der Waals surface area contributed by atoms with Crippen molar-refractivity contribution in [2.24, 2.45) is 0 Å². The number of carbonyl (C=O) groups is 1. The lowest BCUT2D eigenvalue weighted by Gasteiger charge is -2.32. The van der Waals surface area contributed by atoms with E-state index in [4.69, 9.17) is 0 Å². The van der Waals surface area contributed by atoms with Crippen molar-refractivity contribution in [1.82, 2.24) is 35.4 Å². The van der Waals surface area contributed by atoms with Gasteiger partial charge in [-0.05, 0) is 36.6 Å². The van der Waals surface area contributed by atoms with Crippen LogP contribution in [0.2, 0.25) is 0 Å². The van der Waals surface area contributed by atoms with Gasteiger partial charge in [0.25, 0.3) is 0 Å². The summed E-state index contributed by atoms with van der Waals surface area (Å²) in [4.78, 5) is 20.6. The fourth-order valence-corrected chi connectivity index (χ4v) is 3.68. The van der Waals surface area contributed by atoms with Gasteiger partial charge in [-0.2, -0.15) is 4.80 Å². The quantitative estimate of drug-likeness (QED) is 0.619. The predicted octanol–water partition coefficient (Wildman–Crippen LogP) is 2.30. The topological polar surface area (TPSA) is 88.8 Å². The van der Waals surface area contributed by atoms with Gasteiger partial charge in [0.1, 0.15) is 0 Å². The highest BCUT2D eigenvalue weighted by molar-refractivity contribution is 5.76. The SMILES string of the molecule is O=C(CCCn1nnc(-c2ccccc2)n1)NC1CCN(Cc2ccccn2)CC1. The number of pyridine rings is 1. The van der Waals surface area contributed by atoms with Crippen molar-refractivity contribution in [2.75, 3.05) is 13.1 Å². The van der Waals surface area contributed by atoms with Crippen LogP contribution < -0.4 is 5.32 Å². The van der Waals surface area contributed by atoms with Crippen molar-refractivity contribution in [2.45, 2.75) is 44.8 Å². The molecule has 1 aliphatic rings. The van der Waals surface area contributed by atoms with E-state index >= 15 is 0 Å². The second-order valence-corrected chi connectivity index (χ2v) is 7.62. The molecule has 1 fully saturated rings. The first kappa shape index (κ1) is 20.2. The summed E-state index contributed by atoms with van der Waals surface area (Å²) >= 11 is 0. The third-order valence-corrected chi connectivity index (χ3v) is 5.31. The first-order valence-electron chi connectivity index (χ1n) is 10.5. The average molecular weight is 406 g/mol. The molecule has 0 unspecified atom stereocenters. The molecular weight excluding hydrogens is 378 g/mol. The van der Waals surface area contributed by atoms with Crippen LogP contribution in [-0.4, -0.2) is 55.1 Å². The number of rotatable bonds is 8. The molecule has 4 rings (SSSR count). The van der Waals surface area contributed by atoms with Crippen LogP contribution in [0, 0.1) is 0 Å². The van der Waals surface area contributed by atoms with E-state index in [0.717, 1.165) is 43.7 Å². The zero-order valence-corrected chi connectivity index (χ0v) is 17.0. The summed E-state index contributed by atoms with van der Waals surface area (Å²) in [5.74, 6) is 0.707. The molecule has 3 heterocycles. The average Bonchev–Trinajstić information content (AvgIpc) is 3.25. The summed E-state index contributed by atoms with van der Waals surface area (Å²) in [6.45, 7) is 3.41. The minimum absolute atomic E-state index is 0.0987. The van der Waals surface area contributed by atoms with Crippen molar-refractivity contribution >= 4 is 5.91 Å². The predicted molar refractivity (Wildman–Crippen MR) is 113 cm³/mol. The number of nitrogens with one attached hydrogen (secondary N) is 1. The van der Waals surface area contributed by atoms with E-state index in [2.05, 4.69) is 36.7 Å². The van der Waals surface area contributed by atoms with Crippen LogP contribution in [0.3, 0.4) is 0 Å². The number of tetrazole rings is 1. The standard InChI is InChI=1S/C22H27N7O/c30-21(10-6-14-29-26-22(25-27-29)18-7-2-1-3-8-18)24-19-11-15-28(16-12-19)17-20-9-4-5-13-23-20/h1-5,7-9,13,19H,6,10-12,14-17H2,(H,24,30). The molecule has 1 aromatic carbocycles. The van der Waals surface area contributed by atoms with Crippen molar-refractivity contribution in [1.29, 1.82) is 0 Å². The maximum atomic E-state index is 12.3. The van der Waals surface area contributed by atoms with Gasteiger partial charge >= 0.3 is 0 Å². The highest BCUT2D eigenvalue weighted by atomic mass is 16.1. The summed E-state index contributed by atoms with van der Waals surface area (Å²) in [6.07, 6.45) is 4.94. The first-order chi connectivity index (χ1) is 14.8. The van der Waals surface area contributed by atoms with E-state index in [1.54, 1.807) is 4.80 Å². The van der Waals surface area contributed by atoms with Crippen LogP contribution in [0.1, 0.15) is 31.4 Å². The van der Waals surface area contributed by atoms with Crippen LogP contribution >= 0.6 is 0 Å². The van der Waals surface area contributed by atoms with Crippen molar-refractivity contribution in [3.8, 4) is 11.4 Å². The molecule has 0 saturated carbocycles. The lowest BCUT2D eigenvalue weighted by atomic mass is 10.0. The maximum Gasteiger partial charge on any atom is 0.220 e. The molecule has 2 aromatic heterocycles. The molecule has 0 atom stereocenters. The third-order valence-electron chi connectivity index (χ3n) is 5.31. The summed E-state index contributed by atoms with van der Waals surface area (Å²) in [5, 5.41) is 15.7. The molecule has 1 aliphatic heterocycles. The van der Waals surface area contributed by atoms with Crippen LogP contribution in [0.4, 0.5) is 0 Å². The molecular formula is C22H27N7O. The number of hydrogen-bond acceptors (Lipinski definition) is 6. The third kappa shape index (κ3) is 5.70. The number of aryl methyl sites for hydroxylation is 1. The van der Waals surface area contributed by atoms with Gasteiger partial charge in [-0.15, -0.1) is 10.2 Å². The van der Waals surface area contributed by atoms with Crippen molar-refractivity contribution in [3.63, 3.8) is 0 Å². The largest absolute Gasteiger partial charge is 0.353 e. The summed E-state index contributed by atoms with van der Waals surface area (Å²) in [6, 6.07) is 16.0. The second-order valence-electron chi connectivity index (χ2n) is 7.62. The molecule has 156 valence electrons. The highest BCUT2D eigenvalue weighted by Gasteiger charge is 2.20. The highest BCUT2D eigenvalue weighted by Crippen LogP contribution is 2.14. The zero-order chi connectivity index (χ0) is 20.6. The summed E-state index contributed by atoms with van der Waals surface area (Å²) in [7, 11) is 0. The van der Waals surface area contributed by atoms with Crippen LogP contribution in [0.15, 0.2) is 54.7 Å². The van der Waals surface area contributed by atoms with E-state index in [9.17, 15) is 4.79 Å². The first-order valence-corrected chi connectivity index (χ1v) is 10.5. The Bertz CT molecular complexity index is 921. The Morgan fingerprint density at radius 1 is 1.07 bits per heavy atom. The van der Waals surface area contributed by atoms with Crippen molar-refractivity contribution < 1.29 is 4.79 Å². The molecule has 0 spiro atoms. The Hall–Kier alpha value is -3.13. The van der Waals surface area contributed by atoms with Gasteiger partial charge in [-0.3, -0.25) is 14.7 Å². The normalized spacial score (nSPS) is 15.2. The van der Waals surface area contributed by atoms with E-state index in [-0.39, 0.29) is 11.9 Å². The maximum absolute atomic E-state index is 12.3. The van der Waals surface area contributed by atoms with Gasteiger partial charge in [0.05, 0.1) is 12.2 Å². The Kier molecular flexibility index (Phi) is 6.76. The molecule has 1 amide bonds. The molecule has 1 N–H and O–H groups in total. The number of piperidine rings is 1. The Balaban J connectivity index is 1.14. The number of carbonyl (C=O) groups excluding carboxylic acids is 1. The molecule has 0 aliphatic carbocycles. The summed E-state index contributed by atoms with van der Waals surface area (Å²) < 4.78 is 0. The molecule has 3 aromatic rings. The lowest BCUT2D eigenvalue weighted by Crippen LogP contribution is -2.44. The van der Waals surface area contributed by atoms with E-state index in [1.165, 1.54) is 0 Å². The fourth-order valence-electron chi connectivity index (χ4n) is 3.68. The lowest BCUT2D eigenvalue weighted by molar-refractivity contribution is -0.122. The number of benzene rings is 1. The molecule has 0 radical (unpaired) electrons. The Morgan fingerprint density at radius 3 is 2.63 bits per heavy atom. The molecule has 8 heteroatoms. The van der Waals surface area contributed by atoms with Gasteiger partial charge < -0.3 is 5.32 Å². The number of likely N-dealkylation sites (tertiary alicyclic amines) is 1. The van der Waals surface area contributed by atoms with Crippen molar-refractivity contribution in [3.05, 3.63) is 60.4 Å². The van der Waals surface area contributed by atoms with Crippen LogP contribution in [0.5, 0.6) is 0 Å². The van der Waals surface area contributed by atoms with Gasteiger partial charge in [0, 0.05) is 43.9 Å². The van der Waals surface area contributed by atoms with E-state index in [1.807, 2.05) is 48.7 Å². The summed E-state index contributed by atoms with van der Waals surface area (Å²) in [5.41, 5.74) is 2.04. The monoisotopic (exact) mass is 405 g/mol. The minimum atomic E-state index is 0.0987. The Labute approximate surface area is 176 Å². The zero-order valence-electron chi connectivity index (χ0n) is 17.0. The fraction of sp³-hybridized carbons (Fsp3) is 0.409. The van der Waals surface area contributed by atoms with E-state index in [0.29, 0.717) is 25.2 Å². The van der Waals surface area contributed by atoms with Crippen LogP contribution in [0.25, 0.3) is 11.4 Å². The molecule has 8 nitrogen and oxygen atoms in total. The Morgan fingerprint density at radius 2 is 1.87 bits per heavy atom. The second kappa shape index (κ2) is 10.1. The number of aromatic nitrogens is 5. The minimum Gasteiger partial charge on any atom is -0.353 e. The van der Waals surface area contributed by atoms with Gasteiger partial charge in [-0.1, -0.05) is 36.4 Å². The number of hydrogen-bond donors (Lipinski definition) is 1.